The molecule has 1 saturated carbocycles. The van der Waals surface area contributed by atoms with Crippen molar-refractivity contribution in [2.24, 2.45) is 0 Å². The smallest absolute Gasteiger partial charge is 0.274 e. The lowest BCUT2D eigenvalue weighted by atomic mass is 10.1. The molecule has 4 rings (SSSR count). The van der Waals surface area contributed by atoms with E-state index in [2.05, 4.69) is 20.9 Å². The third-order valence-corrected chi connectivity index (χ3v) is 4.80. The number of carbonyl (C=O) groups is 3. The molecule has 3 aromatic rings. The molecular formula is C24H22N4O3. The van der Waals surface area contributed by atoms with Crippen LogP contribution < -0.4 is 16.0 Å². The van der Waals surface area contributed by atoms with E-state index in [1.165, 1.54) is 6.92 Å². The topological polar surface area (TPSA) is 100 Å². The monoisotopic (exact) mass is 414 g/mol. The molecule has 0 saturated heterocycles. The van der Waals surface area contributed by atoms with Gasteiger partial charge in [0, 0.05) is 35.5 Å². The maximum atomic E-state index is 12.6. The van der Waals surface area contributed by atoms with Gasteiger partial charge in [0.15, 0.2) is 0 Å². The number of nitrogens with zero attached hydrogens (tertiary/aromatic N) is 1. The summed E-state index contributed by atoms with van der Waals surface area (Å²) in [6.45, 7) is 1.44. The summed E-state index contributed by atoms with van der Waals surface area (Å²) in [7, 11) is 0. The Bertz CT molecular complexity index is 1120. The number of rotatable bonds is 6. The molecule has 0 radical (unpaired) electrons. The van der Waals surface area contributed by atoms with Crippen molar-refractivity contribution in [2.45, 2.75) is 25.8 Å². The normalized spacial score (nSPS) is 12.7. The second kappa shape index (κ2) is 8.79. The Balaban J connectivity index is 1.44. The SMILES string of the molecule is CC(=O)Nc1ccc(NC(=O)c2cccc(-c3ccc(C(=O)NC4CC4)cc3)n2)cc1. The summed E-state index contributed by atoms with van der Waals surface area (Å²) in [5, 5.41) is 8.44. The molecule has 1 aromatic heterocycles. The van der Waals surface area contributed by atoms with Crippen LogP contribution in [0.2, 0.25) is 0 Å². The summed E-state index contributed by atoms with van der Waals surface area (Å²) in [4.78, 5) is 40.3. The molecule has 3 amide bonds. The standard InChI is InChI=1S/C24H22N4O3/c1-15(29)25-18-9-11-20(12-10-18)27-24(31)22-4-2-3-21(28-22)16-5-7-17(8-6-16)23(30)26-19-13-14-19/h2-12,19H,13-14H2,1H3,(H,25,29)(H,26,30)(H,27,31). The molecule has 156 valence electrons. The number of benzene rings is 2. The molecule has 3 N–H and O–H groups in total. The van der Waals surface area contributed by atoms with E-state index in [-0.39, 0.29) is 23.4 Å². The number of aromatic nitrogens is 1. The van der Waals surface area contributed by atoms with Crippen molar-refractivity contribution in [1.82, 2.24) is 10.3 Å². The van der Waals surface area contributed by atoms with Crippen LogP contribution in [0.3, 0.4) is 0 Å². The lowest BCUT2D eigenvalue weighted by Gasteiger charge is -2.08. The van der Waals surface area contributed by atoms with Gasteiger partial charge in [0.05, 0.1) is 5.69 Å². The molecule has 0 spiro atoms. The van der Waals surface area contributed by atoms with Crippen molar-refractivity contribution in [2.75, 3.05) is 10.6 Å². The van der Waals surface area contributed by atoms with Gasteiger partial charge in [0.25, 0.3) is 11.8 Å². The number of hydrogen-bond acceptors (Lipinski definition) is 4. The molecule has 0 bridgehead atoms. The highest BCUT2D eigenvalue weighted by atomic mass is 16.2. The molecule has 0 unspecified atom stereocenters. The first-order chi connectivity index (χ1) is 15.0. The van der Waals surface area contributed by atoms with Crippen molar-refractivity contribution in [1.29, 1.82) is 0 Å². The maximum absolute atomic E-state index is 12.6. The molecule has 0 atom stereocenters. The highest BCUT2D eigenvalue weighted by Crippen LogP contribution is 2.21. The van der Waals surface area contributed by atoms with Crippen molar-refractivity contribution in [3.8, 4) is 11.3 Å². The van der Waals surface area contributed by atoms with Gasteiger partial charge < -0.3 is 16.0 Å². The van der Waals surface area contributed by atoms with E-state index in [4.69, 9.17) is 0 Å². The van der Waals surface area contributed by atoms with Gasteiger partial charge in [-0.15, -0.1) is 0 Å². The van der Waals surface area contributed by atoms with Crippen LogP contribution in [-0.4, -0.2) is 28.7 Å². The van der Waals surface area contributed by atoms with E-state index in [1.807, 2.05) is 18.2 Å². The van der Waals surface area contributed by atoms with Gasteiger partial charge in [-0.1, -0.05) is 18.2 Å². The Labute approximate surface area is 179 Å². The molecule has 7 heteroatoms. The minimum Gasteiger partial charge on any atom is -0.349 e. The number of anilines is 2. The van der Waals surface area contributed by atoms with E-state index < -0.39 is 0 Å². The fourth-order valence-electron chi connectivity index (χ4n) is 3.05. The first-order valence-corrected chi connectivity index (χ1v) is 10.1. The first kappa shape index (κ1) is 20.3. The molecule has 31 heavy (non-hydrogen) atoms. The Kier molecular flexibility index (Phi) is 5.75. The molecule has 1 aliphatic rings. The highest BCUT2D eigenvalue weighted by Gasteiger charge is 2.23. The third-order valence-electron chi connectivity index (χ3n) is 4.80. The van der Waals surface area contributed by atoms with Gasteiger partial charge >= 0.3 is 0 Å². The number of hydrogen-bond donors (Lipinski definition) is 3. The summed E-state index contributed by atoms with van der Waals surface area (Å²) in [6.07, 6.45) is 2.09. The summed E-state index contributed by atoms with van der Waals surface area (Å²) in [5.74, 6) is -0.566. The molecule has 1 aliphatic carbocycles. The third kappa shape index (κ3) is 5.33. The number of pyridine rings is 1. The molecule has 0 aliphatic heterocycles. The van der Waals surface area contributed by atoms with E-state index in [1.54, 1.807) is 48.5 Å². The summed E-state index contributed by atoms with van der Waals surface area (Å²) >= 11 is 0. The largest absolute Gasteiger partial charge is 0.349 e. The zero-order valence-corrected chi connectivity index (χ0v) is 17.0. The van der Waals surface area contributed by atoms with Crippen LogP contribution >= 0.6 is 0 Å². The van der Waals surface area contributed by atoms with Crippen molar-refractivity contribution < 1.29 is 14.4 Å². The van der Waals surface area contributed by atoms with Crippen LogP contribution in [-0.2, 0) is 4.79 Å². The van der Waals surface area contributed by atoms with E-state index in [9.17, 15) is 14.4 Å². The van der Waals surface area contributed by atoms with Gasteiger partial charge in [0.2, 0.25) is 5.91 Å². The van der Waals surface area contributed by atoms with E-state index in [0.29, 0.717) is 28.7 Å². The molecule has 2 aromatic carbocycles. The average molecular weight is 414 g/mol. The Hall–Kier alpha value is -4.00. The number of amides is 3. The van der Waals surface area contributed by atoms with Gasteiger partial charge in [-0.2, -0.15) is 0 Å². The Morgan fingerprint density at radius 3 is 2.06 bits per heavy atom. The van der Waals surface area contributed by atoms with Crippen LogP contribution in [0, 0.1) is 0 Å². The minimum atomic E-state index is -0.338. The van der Waals surface area contributed by atoms with E-state index in [0.717, 1.165) is 18.4 Å². The molecule has 1 fully saturated rings. The molecule has 7 nitrogen and oxygen atoms in total. The summed E-state index contributed by atoms with van der Waals surface area (Å²) in [5.41, 5.74) is 3.59. The van der Waals surface area contributed by atoms with Crippen LogP contribution in [0.25, 0.3) is 11.3 Å². The zero-order valence-electron chi connectivity index (χ0n) is 17.0. The lowest BCUT2D eigenvalue weighted by Crippen LogP contribution is -2.25. The summed E-state index contributed by atoms with van der Waals surface area (Å²) < 4.78 is 0. The van der Waals surface area contributed by atoms with Crippen LogP contribution in [0.1, 0.15) is 40.6 Å². The van der Waals surface area contributed by atoms with Crippen molar-refractivity contribution >= 4 is 29.1 Å². The quantitative estimate of drug-likeness (QED) is 0.570. The van der Waals surface area contributed by atoms with Crippen LogP contribution in [0.4, 0.5) is 11.4 Å². The summed E-state index contributed by atoms with van der Waals surface area (Å²) in [6, 6.07) is 19.5. The lowest BCUT2D eigenvalue weighted by molar-refractivity contribution is -0.114. The maximum Gasteiger partial charge on any atom is 0.274 e. The van der Waals surface area contributed by atoms with Gasteiger partial charge in [-0.05, 0) is 61.4 Å². The highest BCUT2D eigenvalue weighted by molar-refractivity contribution is 6.03. The minimum absolute atomic E-state index is 0.0698. The predicted molar refractivity (Wildman–Crippen MR) is 119 cm³/mol. The fraction of sp³-hybridized carbons (Fsp3) is 0.167. The number of nitrogens with one attached hydrogen (secondary N) is 3. The molecular weight excluding hydrogens is 392 g/mol. The molecule has 1 heterocycles. The first-order valence-electron chi connectivity index (χ1n) is 10.1. The second-order valence-corrected chi connectivity index (χ2v) is 7.45. The average Bonchev–Trinajstić information content (AvgIpc) is 3.59. The second-order valence-electron chi connectivity index (χ2n) is 7.45. The van der Waals surface area contributed by atoms with Gasteiger partial charge in [-0.25, -0.2) is 4.98 Å². The van der Waals surface area contributed by atoms with E-state index >= 15 is 0 Å². The van der Waals surface area contributed by atoms with Crippen LogP contribution in [0.5, 0.6) is 0 Å². The zero-order chi connectivity index (χ0) is 21.8. The van der Waals surface area contributed by atoms with Crippen LogP contribution in [0.15, 0.2) is 66.7 Å². The Morgan fingerprint density at radius 1 is 0.806 bits per heavy atom. The van der Waals surface area contributed by atoms with Crippen molar-refractivity contribution in [3.05, 3.63) is 78.0 Å². The van der Waals surface area contributed by atoms with Crippen molar-refractivity contribution in [3.63, 3.8) is 0 Å². The number of carbonyl (C=O) groups excluding carboxylic acids is 3. The Morgan fingerprint density at radius 2 is 1.45 bits per heavy atom. The fourth-order valence-corrected chi connectivity index (χ4v) is 3.05. The van der Waals surface area contributed by atoms with Gasteiger partial charge in [0.1, 0.15) is 5.69 Å². The predicted octanol–water partition coefficient (Wildman–Crippen LogP) is 3.85. The van der Waals surface area contributed by atoms with Gasteiger partial charge in [-0.3, -0.25) is 14.4 Å².